The summed E-state index contributed by atoms with van der Waals surface area (Å²) in [5, 5.41) is 8.77. The Morgan fingerprint density at radius 3 is 1.55 bits per heavy atom. The molecule has 1 nitrogen and oxygen atoms in total. The lowest BCUT2D eigenvalue weighted by Crippen LogP contribution is -1.93. The summed E-state index contributed by atoms with van der Waals surface area (Å²) in [4.78, 5) is 0. The van der Waals surface area contributed by atoms with E-state index in [0.29, 0.717) is 0 Å². The van der Waals surface area contributed by atoms with Crippen LogP contribution in [0.2, 0.25) is 10.0 Å². The van der Waals surface area contributed by atoms with E-state index in [2.05, 4.69) is 0 Å². The molecule has 0 aromatic heterocycles. The van der Waals surface area contributed by atoms with Crippen LogP contribution in [0.5, 0.6) is 0 Å². The van der Waals surface area contributed by atoms with Gasteiger partial charge in [-0.3, -0.25) is 0 Å². The van der Waals surface area contributed by atoms with Crippen molar-refractivity contribution in [2.75, 3.05) is 0 Å². The number of hydrogen-bond acceptors (Lipinski definition) is 1. The normalized spacial score (nSPS) is 9.27. The lowest BCUT2D eigenvalue weighted by Gasteiger charge is -2.19. The van der Waals surface area contributed by atoms with Gasteiger partial charge in [-0.05, 0) is 0 Å². The van der Waals surface area contributed by atoms with Gasteiger partial charge in [0.25, 0.3) is 0 Å². The molecule has 0 unspecified atom stereocenters. The number of hydrogen-bond donors (Lipinski definition) is 0. The number of rotatable bonds is 0. The van der Waals surface area contributed by atoms with E-state index in [9.17, 15) is 0 Å². The Balaban J connectivity index is 0.000000179. The first kappa shape index (κ1) is 8.39. The highest BCUT2D eigenvalue weighted by Crippen LogP contribution is 2.49. The van der Waals surface area contributed by atoms with Crippen LogP contribution in [0.3, 0.4) is 0 Å². The second kappa shape index (κ2) is 3.13. The molecule has 2 rings (SSSR count). The molecule has 2 aliphatic carbocycles. The van der Waals surface area contributed by atoms with E-state index in [0.717, 1.165) is 21.2 Å². The molecule has 0 radical (unpaired) electrons. The van der Waals surface area contributed by atoms with Crippen LogP contribution >= 0.6 is 23.2 Å². The van der Waals surface area contributed by atoms with Crippen molar-refractivity contribution in [1.29, 1.82) is 5.26 Å². The molecule has 3 heteroatoms. The maximum atomic E-state index is 7.32. The third-order valence-electron chi connectivity index (χ3n) is 1.37. The van der Waals surface area contributed by atoms with Crippen molar-refractivity contribution >= 4 is 23.2 Å². The van der Waals surface area contributed by atoms with Gasteiger partial charge in [0.1, 0.15) is 0 Å². The number of halogens is 2. The molecule has 0 atom stereocenters. The lowest BCUT2D eigenvalue weighted by atomic mass is 9.94. The van der Waals surface area contributed by atoms with Crippen LogP contribution in [-0.4, -0.2) is 0 Å². The fourth-order valence-electron chi connectivity index (χ4n) is 0.807. The van der Waals surface area contributed by atoms with Gasteiger partial charge in [0.05, 0.1) is 16.1 Å². The third-order valence-corrected chi connectivity index (χ3v) is 2.25. The Morgan fingerprint density at radius 1 is 1.18 bits per heavy atom. The van der Waals surface area contributed by atoms with Gasteiger partial charge in [-0.25, -0.2) is 0 Å². The number of nitrogens with zero attached hydrogens (tertiary/aromatic N) is 1. The van der Waals surface area contributed by atoms with Gasteiger partial charge in [0, 0.05) is 18.1 Å². The maximum Gasteiger partial charge on any atom is 0.0677 e. The van der Waals surface area contributed by atoms with Crippen molar-refractivity contribution in [3.8, 4) is 17.2 Å². The Bertz CT molecular complexity index is 299. The van der Waals surface area contributed by atoms with Crippen molar-refractivity contribution in [3.05, 3.63) is 22.2 Å². The van der Waals surface area contributed by atoms with Gasteiger partial charge in [0.15, 0.2) is 0 Å². The molecule has 0 saturated heterocycles. The molecule has 0 aromatic carbocycles. The van der Waals surface area contributed by atoms with Crippen LogP contribution in [0.1, 0.15) is 6.92 Å². The Morgan fingerprint density at radius 2 is 1.45 bits per heavy atom. The van der Waals surface area contributed by atoms with Crippen LogP contribution < -0.4 is 0 Å². The molecule has 0 aliphatic heterocycles. The van der Waals surface area contributed by atoms with E-state index < -0.39 is 0 Å². The van der Waals surface area contributed by atoms with Crippen molar-refractivity contribution in [2.24, 2.45) is 0 Å². The minimum absolute atomic E-state index is 0.726. The Kier molecular flexibility index (Phi) is 2.38. The minimum atomic E-state index is 0.726. The summed E-state index contributed by atoms with van der Waals surface area (Å²) in [5.74, 6) is 0. The van der Waals surface area contributed by atoms with E-state index in [4.69, 9.17) is 28.5 Å². The second-order valence-corrected chi connectivity index (χ2v) is 2.77. The predicted octanol–water partition coefficient (Wildman–Crippen LogP) is 3.50. The van der Waals surface area contributed by atoms with Gasteiger partial charge in [-0.1, -0.05) is 35.3 Å². The average Bonchev–Trinajstić information content (AvgIpc) is 1.87. The van der Waals surface area contributed by atoms with Crippen LogP contribution in [0, 0.1) is 11.3 Å². The zero-order valence-electron chi connectivity index (χ0n) is 5.86. The van der Waals surface area contributed by atoms with Gasteiger partial charge in [0.2, 0.25) is 0 Å². The monoisotopic (exact) mass is 185 g/mol. The summed E-state index contributed by atoms with van der Waals surface area (Å²) in [6.07, 6.45) is 0. The smallest absolute Gasteiger partial charge is 0.0677 e. The lowest BCUT2D eigenvalue weighted by molar-refractivity contribution is 1.49. The fraction of sp³-hybridized carbons (Fsp3) is 0.125. The predicted molar refractivity (Wildman–Crippen MR) is 46.7 cm³/mol. The first-order valence-electron chi connectivity index (χ1n) is 3.01. The summed E-state index contributed by atoms with van der Waals surface area (Å²) in [6, 6.07) is 5.67. The Labute approximate surface area is 75.2 Å². The first-order chi connectivity index (χ1) is 5.22. The summed E-state index contributed by atoms with van der Waals surface area (Å²) >= 11 is 11.3. The molecular formula is C8H5Cl2N. The summed E-state index contributed by atoms with van der Waals surface area (Å²) in [7, 11) is 0. The van der Waals surface area contributed by atoms with Gasteiger partial charge in [-0.2, -0.15) is 5.26 Å². The zero-order valence-corrected chi connectivity index (χ0v) is 7.37. The fourth-order valence-corrected chi connectivity index (χ4v) is 1.34. The molecule has 0 heterocycles. The Hall–Kier alpha value is -0.710. The highest BCUT2D eigenvalue weighted by molar-refractivity contribution is 6.49. The van der Waals surface area contributed by atoms with Crippen LogP contribution in [-0.2, 0) is 0 Å². The molecule has 0 fully saturated rings. The molecule has 56 valence electrons. The zero-order chi connectivity index (χ0) is 8.43. The molecule has 0 bridgehead atoms. The van der Waals surface area contributed by atoms with Gasteiger partial charge < -0.3 is 0 Å². The number of benzene rings is 1. The van der Waals surface area contributed by atoms with Crippen molar-refractivity contribution in [2.45, 2.75) is 6.92 Å². The van der Waals surface area contributed by atoms with Crippen LogP contribution in [0.25, 0.3) is 11.1 Å². The number of fused-ring (bicyclic) bond motifs is 1. The SMILES string of the molecule is CC#N.Clc1c2ccc-2c1Cl. The van der Waals surface area contributed by atoms with E-state index in [1.165, 1.54) is 6.92 Å². The molecule has 0 saturated carbocycles. The molecule has 2 aliphatic rings. The third kappa shape index (κ3) is 1.20. The topological polar surface area (TPSA) is 23.8 Å². The van der Waals surface area contributed by atoms with Crippen LogP contribution in [0.15, 0.2) is 12.1 Å². The van der Waals surface area contributed by atoms with Crippen molar-refractivity contribution < 1.29 is 0 Å². The molecule has 0 amide bonds. The minimum Gasteiger partial charge on any atom is -0.199 e. The van der Waals surface area contributed by atoms with E-state index in [-0.39, 0.29) is 0 Å². The molecule has 0 N–H and O–H groups in total. The largest absolute Gasteiger partial charge is 0.199 e. The highest BCUT2D eigenvalue weighted by Gasteiger charge is 2.22. The maximum absolute atomic E-state index is 7.32. The highest BCUT2D eigenvalue weighted by atomic mass is 35.5. The molecule has 11 heavy (non-hydrogen) atoms. The molecular weight excluding hydrogens is 181 g/mol. The summed E-state index contributed by atoms with van der Waals surface area (Å²) in [6.45, 7) is 1.43. The summed E-state index contributed by atoms with van der Waals surface area (Å²) in [5.41, 5.74) is 2.24. The van der Waals surface area contributed by atoms with E-state index >= 15 is 0 Å². The van der Waals surface area contributed by atoms with Gasteiger partial charge >= 0.3 is 0 Å². The average molecular weight is 186 g/mol. The van der Waals surface area contributed by atoms with Gasteiger partial charge in [-0.15, -0.1) is 0 Å². The van der Waals surface area contributed by atoms with Crippen molar-refractivity contribution in [1.82, 2.24) is 0 Å². The van der Waals surface area contributed by atoms with Crippen LogP contribution in [0.4, 0.5) is 0 Å². The second-order valence-electron chi connectivity index (χ2n) is 2.01. The molecule has 0 spiro atoms. The van der Waals surface area contributed by atoms with E-state index in [1.54, 1.807) is 6.07 Å². The summed E-state index contributed by atoms with van der Waals surface area (Å²) < 4.78 is 0. The van der Waals surface area contributed by atoms with Crippen molar-refractivity contribution in [3.63, 3.8) is 0 Å². The standard InChI is InChI=1S/C6H2Cl2.C2H3N/c7-5-3-1-2-4(3)6(5)8;1-2-3/h1-2H;1H3. The molecule has 0 aromatic rings. The number of nitriles is 1. The van der Waals surface area contributed by atoms with E-state index in [1.807, 2.05) is 12.1 Å². The first-order valence-corrected chi connectivity index (χ1v) is 3.77. The quantitative estimate of drug-likeness (QED) is 0.617.